The van der Waals surface area contributed by atoms with E-state index in [9.17, 15) is 5.11 Å². The predicted octanol–water partition coefficient (Wildman–Crippen LogP) is 4.93. The van der Waals surface area contributed by atoms with Crippen molar-refractivity contribution in [2.75, 3.05) is 6.61 Å². The van der Waals surface area contributed by atoms with Gasteiger partial charge in [0.05, 0.1) is 32.0 Å². The smallest absolute Gasteiger partial charge is 0.115 e. The van der Waals surface area contributed by atoms with Gasteiger partial charge in [0.25, 0.3) is 0 Å². The van der Waals surface area contributed by atoms with Gasteiger partial charge in [0.1, 0.15) is 12.2 Å². The Morgan fingerprint density at radius 1 is 0.710 bits per heavy atom. The topological polar surface area (TPSA) is 47.9 Å². The fourth-order valence-corrected chi connectivity index (χ4v) is 4.16. The molecular formula is C27H30O4. The summed E-state index contributed by atoms with van der Waals surface area (Å²) in [5.41, 5.74) is 3.24. The quantitative estimate of drug-likeness (QED) is 0.564. The zero-order valence-corrected chi connectivity index (χ0v) is 17.8. The second kappa shape index (κ2) is 10.7. The zero-order valence-electron chi connectivity index (χ0n) is 17.8. The Morgan fingerprint density at radius 3 is 1.71 bits per heavy atom. The Balaban J connectivity index is 1.60. The minimum absolute atomic E-state index is 0.0190. The first-order valence-corrected chi connectivity index (χ1v) is 10.9. The average Bonchev–Trinajstić information content (AvgIpc) is 2.84. The van der Waals surface area contributed by atoms with Gasteiger partial charge in [-0.3, -0.25) is 0 Å². The number of rotatable bonds is 8. The molecule has 1 fully saturated rings. The summed E-state index contributed by atoms with van der Waals surface area (Å²) in [6, 6.07) is 30.4. The second-order valence-corrected chi connectivity index (χ2v) is 8.07. The lowest BCUT2D eigenvalue weighted by Crippen LogP contribution is -2.53. The highest BCUT2D eigenvalue weighted by Crippen LogP contribution is 2.39. The molecule has 4 rings (SSSR count). The molecule has 0 radical (unpaired) electrons. The molecule has 2 unspecified atom stereocenters. The van der Waals surface area contributed by atoms with E-state index in [1.54, 1.807) is 0 Å². The van der Waals surface area contributed by atoms with Crippen LogP contribution in [0.25, 0.3) is 0 Å². The van der Waals surface area contributed by atoms with E-state index in [0.717, 1.165) is 16.7 Å². The summed E-state index contributed by atoms with van der Waals surface area (Å²) < 4.78 is 19.3. The predicted molar refractivity (Wildman–Crippen MR) is 120 cm³/mol. The first kappa shape index (κ1) is 21.7. The van der Waals surface area contributed by atoms with Crippen LogP contribution in [-0.2, 0) is 27.4 Å². The van der Waals surface area contributed by atoms with Crippen molar-refractivity contribution in [2.45, 2.75) is 44.6 Å². The van der Waals surface area contributed by atoms with E-state index in [2.05, 4.69) is 31.2 Å². The van der Waals surface area contributed by atoms with Gasteiger partial charge >= 0.3 is 0 Å². The molecule has 1 N–H and O–H groups in total. The molecule has 3 aromatic rings. The summed E-state index contributed by atoms with van der Waals surface area (Å²) in [6.07, 6.45) is -1.16. The van der Waals surface area contributed by atoms with Gasteiger partial charge in [-0.2, -0.15) is 0 Å². The SMILES string of the molecule is CC1[C@H](OCc2ccccc2)C(OCc2ccccc2)[C@H](c2ccccc2)O[C@@H]1CO. The lowest BCUT2D eigenvalue weighted by molar-refractivity contribution is -0.240. The van der Waals surface area contributed by atoms with Crippen molar-refractivity contribution >= 4 is 0 Å². The van der Waals surface area contributed by atoms with E-state index in [1.165, 1.54) is 0 Å². The van der Waals surface area contributed by atoms with Crippen molar-refractivity contribution in [3.05, 3.63) is 108 Å². The highest BCUT2D eigenvalue weighted by Gasteiger charge is 2.45. The number of benzene rings is 3. The van der Waals surface area contributed by atoms with Gasteiger partial charge < -0.3 is 19.3 Å². The summed E-state index contributed by atoms with van der Waals surface area (Å²) in [7, 11) is 0. The molecule has 0 spiro atoms. The van der Waals surface area contributed by atoms with Crippen molar-refractivity contribution in [3.8, 4) is 0 Å². The fraction of sp³-hybridized carbons (Fsp3) is 0.333. The van der Waals surface area contributed by atoms with E-state index in [4.69, 9.17) is 14.2 Å². The molecule has 0 amide bonds. The molecule has 1 aliphatic rings. The first-order valence-electron chi connectivity index (χ1n) is 10.9. The van der Waals surface area contributed by atoms with E-state index in [1.807, 2.05) is 66.7 Å². The summed E-state index contributed by atoms with van der Waals surface area (Å²) in [5.74, 6) is -0.0190. The molecule has 0 aliphatic carbocycles. The maximum Gasteiger partial charge on any atom is 0.115 e. The first-order chi connectivity index (χ1) is 15.3. The van der Waals surface area contributed by atoms with E-state index < -0.39 is 0 Å². The average molecular weight is 419 g/mol. The highest BCUT2D eigenvalue weighted by molar-refractivity contribution is 5.21. The Kier molecular flexibility index (Phi) is 7.49. The van der Waals surface area contributed by atoms with Crippen LogP contribution >= 0.6 is 0 Å². The van der Waals surface area contributed by atoms with Crippen LogP contribution in [0.15, 0.2) is 91.0 Å². The van der Waals surface area contributed by atoms with Crippen molar-refractivity contribution in [1.82, 2.24) is 0 Å². The monoisotopic (exact) mass is 418 g/mol. The molecule has 0 saturated carbocycles. The maximum absolute atomic E-state index is 10.0. The van der Waals surface area contributed by atoms with Gasteiger partial charge in [-0.15, -0.1) is 0 Å². The van der Waals surface area contributed by atoms with Crippen molar-refractivity contribution in [1.29, 1.82) is 0 Å². The summed E-state index contributed by atoms with van der Waals surface area (Å²) in [5, 5.41) is 10.0. The Bertz CT molecular complexity index is 900. The van der Waals surface area contributed by atoms with Crippen LogP contribution in [0, 0.1) is 5.92 Å². The van der Waals surface area contributed by atoms with Gasteiger partial charge in [0.2, 0.25) is 0 Å². The molecule has 31 heavy (non-hydrogen) atoms. The van der Waals surface area contributed by atoms with Gasteiger partial charge in [0.15, 0.2) is 0 Å². The third-order valence-corrected chi connectivity index (χ3v) is 5.93. The van der Waals surface area contributed by atoms with E-state index >= 15 is 0 Å². The van der Waals surface area contributed by atoms with Gasteiger partial charge in [-0.25, -0.2) is 0 Å². The number of aliphatic hydroxyl groups excluding tert-OH is 1. The molecule has 1 aliphatic heterocycles. The van der Waals surface area contributed by atoms with E-state index in [0.29, 0.717) is 13.2 Å². The molecule has 4 heteroatoms. The van der Waals surface area contributed by atoms with Gasteiger partial charge in [-0.1, -0.05) is 97.9 Å². The summed E-state index contributed by atoms with van der Waals surface area (Å²) >= 11 is 0. The minimum atomic E-state index is -0.320. The van der Waals surface area contributed by atoms with Crippen LogP contribution in [0.4, 0.5) is 0 Å². The lowest BCUT2D eigenvalue weighted by atomic mass is 9.85. The molecule has 3 aromatic carbocycles. The van der Waals surface area contributed by atoms with Crippen LogP contribution in [0.2, 0.25) is 0 Å². The highest BCUT2D eigenvalue weighted by atomic mass is 16.6. The fourth-order valence-electron chi connectivity index (χ4n) is 4.16. The zero-order chi connectivity index (χ0) is 21.5. The molecule has 0 aromatic heterocycles. The Morgan fingerprint density at radius 2 is 1.19 bits per heavy atom. The van der Waals surface area contributed by atoms with Crippen LogP contribution in [0.5, 0.6) is 0 Å². The molecule has 162 valence electrons. The number of hydrogen-bond donors (Lipinski definition) is 1. The molecule has 0 bridgehead atoms. The standard InChI is InChI=1S/C27H30O4/c1-20-24(17-28)31-26(23-15-9-4-10-16-23)27(30-19-22-13-7-3-8-14-22)25(20)29-18-21-11-5-2-6-12-21/h2-16,20,24-28H,17-19H2,1H3/t20?,24-,25+,26+,27?/m1/s1. The summed E-state index contributed by atoms with van der Waals surface area (Å²) in [6.45, 7) is 2.97. The van der Waals surface area contributed by atoms with Crippen LogP contribution in [0.3, 0.4) is 0 Å². The lowest BCUT2D eigenvalue weighted by Gasteiger charge is -2.45. The largest absolute Gasteiger partial charge is 0.394 e. The normalized spacial score (nSPS) is 25.9. The number of aliphatic hydroxyl groups is 1. The Hall–Kier alpha value is -2.50. The maximum atomic E-state index is 10.0. The van der Waals surface area contributed by atoms with Crippen molar-refractivity contribution in [3.63, 3.8) is 0 Å². The summed E-state index contributed by atoms with van der Waals surface area (Å²) in [4.78, 5) is 0. The number of ether oxygens (including phenoxy) is 3. The van der Waals surface area contributed by atoms with Crippen LogP contribution in [0.1, 0.15) is 29.7 Å². The molecular weight excluding hydrogens is 388 g/mol. The van der Waals surface area contributed by atoms with E-state index in [-0.39, 0.29) is 36.9 Å². The molecule has 5 atom stereocenters. The van der Waals surface area contributed by atoms with Crippen molar-refractivity contribution < 1.29 is 19.3 Å². The van der Waals surface area contributed by atoms with Crippen molar-refractivity contribution in [2.24, 2.45) is 5.92 Å². The van der Waals surface area contributed by atoms with Gasteiger partial charge in [0, 0.05) is 5.92 Å². The third kappa shape index (κ3) is 5.41. The molecule has 1 saturated heterocycles. The van der Waals surface area contributed by atoms with Crippen LogP contribution in [-0.4, -0.2) is 30.0 Å². The molecule has 1 heterocycles. The Labute approximate surface area is 184 Å². The van der Waals surface area contributed by atoms with Gasteiger partial charge in [-0.05, 0) is 16.7 Å². The minimum Gasteiger partial charge on any atom is -0.394 e. The number of hydrogen-bond acceptors (Lipinski definition) is 4. The van der Waals surface area contributed by atoms with Crippen LogP contribution < -0.4 is 0 Å². The second-order valence-electron chi connectivity index (χ2n) is 8.07. The third-order valence-electron chi connectivity index (χ3n) is 5.93. The molecule has 4 nitrogen and oxygen atoms in total.